The number of nitrogens with one attached hydrogen (secondary N) is 2. The van der Waals surface area contributed by atoms with Crippen LogP contribution in [0.1, 0.15) is 12.0 Å². The van der Waals surface area contributed by atoms with Gasteiger partial charge in [0.15, 0.2) is 6.10 Å². The molecule has 4 N–H and O–H groups in total. The van der Waals surface area contributed by atoms with Gasteiger partial charge in [-0.25, -0.2) is 10.9 Å². The van der Waals surface area contributed by atoms with E-state index in [2.05, 4.69) is 10.6 Å². The summed E-state index contributed by atoms with van der Waals surface area (Å²) in [4.78, 5) is 12.9. The molecule has 2 aliphatic rings. The zero-order valence-electron chi connectivity index (χ0n) is 13.2. The Morgan fingerprint density at radius 1 is 1.17 bits per heavy atom. The molecule has 1 saturated heterocycles. The molecule has 0 aliphatic carbocycles. The predicted octanol–water partition coefficient (Wildman–Crippen LogP) is 1.09. The van der Waals surface area contributed by atoms with Crippen LogP contribution in [0.15, 0.2) is 54.6 Å². The maximum atomic E-state index is 12.9. The van der Waals surface area contributed by atoms with Crippen molar-refractivity contribution in [1.29, 1.82) is 0 Å². The maximum Gasteiger partial charge on any atom is 0.282 e. The van der Waals surface area contributed by atoms with E-state index in [1.165, 1.54) is 5.01 Å². The van der Waals surface area contributed by atoms with Crippen molar-refractivity contribution in [3.8, 4) is 5.75 Å². The van der Waals surface area contributed by atoms with Crippen molar-refractivity contribution in [1.82, 2.24) is 10.6 Å². The highest BCUT2D eigenvalue weighted by Gasteiger charge is 2.46. The Labute approximate surface area is 140 Å². The van der Waals surface area contributed by atoms with E-state index in [-0.39, 0.29) is 11.4 Å². The van der Waals surface area contributed by atoms with E-state index in [1.54, 1.807) is 12.1 Å². The molecule has 2 atom stereocenters. The number of fused-ring (bicyclic) bond motifs is 2. The van der Waals surface area contributed by atoms with Crippen LogP contribution in [0.25, 0.3) is 0 Å². The number of nitrogens with zero attached hydrogens (tertiary/aromatic N) is 1. The highest BCUT2D eigenvalue weighted by Crippen LogP contribution is 2.40. The molecule has 0 bridgehead atoms. The Kier molecular flexibility index (Phi) is 3.72. The third kappa shape index (κ3) is 2.45. The van der Waals surface area contributed by atoms with Gasteiger partial charge in [-0.3, -0.25) is 10.1 Å². The molecule has 1 spiro atoms. The summed E-state index contributed by atoms with van der Waals surface area (Å²) < 4.78 is 5.98. The van der Waals surface area contributed by atoms with E-state index in [1.807, 2.05) is 42.5 Å². The summed E-state index contributed by atoms with van der Waals surface area (Å²) in [5.41, 5.74) is 1.44. The topological polar surface area (TPSA) is 79.6 Å². The second-order valence-corrected chi connectivity index (χ2v) is 6.21. The molecule has 6 nitrogen and oxygen atoms in total. The standard InChI is InChI=1S/C18H20N4O2/c19-22(13-6-2-1-3-7-13)17(23)16-10-18(11-20-12-21-18)14-8-4-5-9-15(14)24-16/h1-9,16,20-21H,10-12,19H2. The van der Waals surface area contributed by atoms with E-state index in [9.17, 15) is 4.79 Å². The summed E-state index contributed by atoms with van der Waals surface area (Å²) >= 11 is 0. The average molecular weight is 324 g/mol. The first-order valence-corrected chi connectivity index (χ1v) is 8.05. The summed E-state index contributed by atoms with van der Waals surface area (Å²) in [6.07, 6.45) is -0.0892. The van der Waals surface area contributed by atoms with Gasteiger partial charge in [0.1, 0.15) is 5.75 Å². The Hall–Kier alpha value is -2.41. The van der Waals surface area contributed by atoms with Gasteiger partial charge < -0.3 is 10.1 Å². The van der Waals surface area contributed by atoms with Crippen LogP contribution in [0.4, 0.5) is 5.69 Å². The first kappa shape index (κ1) is 15.1. The van der Waals surface area contributed by atoms with Gasteiger partial charge in [0.2, 0.25) is 0 Å². The van der Waals surface area contributed by atoms with Crippen LogP contribution in [0.5, 0.6) is 5.75 Å². The zero-order chi connectivity index (χ0) is 16.6. The van der Waals surface area contributed by atoms with Crippen LogP contribution in [0, 0.1) is 0 Å². The van der Waals surface area contributed by atoms with Gasteiger partial charge in [0, 0.05) is 25.2 Å². The molecule has 4 rings (SSSR count). The molecule has 124 valence electrons. The number of benzene rings is 2. The smallest absolute Gasteiger partial charge is 0.282 e. The lowest BCUT2D eigenvalue weighted by Crippen LogP contribution is -2.54. The maximum absolute atomic E-state index is 12.9. The third-order valence-electron chi connectivity index (χ3n) is 4.73. The number of hydrogen-bond acceptors (Lipinski definition) is 5. The number of nitrogens with two attached hydrogens (primary N) is 1. The molecular weight excluding hydrogens is 304 g/mol. The van der Waals surface area contributed by atoms with Crippen molar-refractivity contribution in [3.05, 3.63) is 60.2 Å². The van der Waals surface area contributed by atoms with Crippen LogP contribution in [0.3, 0.4) is 0 Å². The first-order valence-electron chi connectivity index (χ1n) is 8.05. The number of ether oxygens (including phenoxy) is 1. The predicted molar refractivity (Wildman–Crippen MR) is 91.3 cm³/mol. The summed E-state index contributed by atoms with van der Waals surface area (Å²) in [6.45, 7) is 1.47. The van der Waals surface area contributed by atoms with Crippen LogP contribution >= 0.6 is 0 Å². The number of hydrogen-bond donors (Lipinski definition) is 3. The molecule has 0 radical (unpaired) electrons. The number of para-hydroxylation sites is 2. The molecule has 2 aromatic carbocycles. The van der Waals surface area contributed by atoms with Crippen molar-refractivity contribution in [2.75, 3.05) is 18.2 Å². The van der Waals surface area contributed by atoms with Gasteiger partial charge in [-0.05, 0) is 18.2 Å². The van der Waals surface area contributed by atoms with Crippen LogP contribution in [-0.2, 0) is 10.3 Å². The zero-order valence-corrected chi connectivity index (χ0v) is 13.2. The number of carbonyl (C=O) groups is 1. The molecule has 2 heterocycles. The Morgan fingerprint density at radius 2 is 1.92 bits per heavy atom. The van der Waals surface area contributed by atoms with E-state index >= 15 is 0 Å². The van der Waals surface area contributed by atoms with Gasteiger partial charge in [-0.15, -0.1) is 0 Å². The Balaban J connectivity index is 1.64. The number of rotatable bonds is 2. The highest BCUT2D eigenvalue weighted by molar-refractivity contribution is 5.96. The molecule has 1 amide bonds. The monoisotopic (exact) mass is 324 g/mol. The average Bonchev–Trinajstić information content (AvgIpc) is 3.10. The minimum atomic E-state index is -0.627. The lowest BCUT2D eigenvalue weighted by molar-refractivity contribution is -0.127. The SMILES string of the molecule is NN(C(=O)C1CC2(CNCN2)c2ccccc2O1)c1ccccc1. The summed E-state index contributed by atoms with van der Waals surface area (Å²) in [7, 11) is 0. The Morgan fingerprint density at radius 3 is 2.67 bits per heavy atom. The molecular formula is C18H20N4O2. The molecule has 0 saturated carbocycles. The number of carbonyl (C=O) groups excluding carboxylic acids is 1. The molecule has 2 unspecified atom stereocenters. The number of anilines is 1. The fraction of sp³-hybridized carbons (Fsp3) is 0.278. The number of amides is 1. The minimum Gasteiger partial charge on any atom is -0.480 e. The van der Waals surface area contributed by atoms with Gasteiger partial charge in [0.25, 0.3) is 5.91 Å². The van der Waals surface area contributed by atoms with E-state index < -0.39 is 6.10 Å². The fourth-order valence-electron chi connectivity index (χ4n) is 3.50. The molecule has 6 heteroatoms. The lowest BCUT2D eigenvalue weighted by Gasteiger charge is -2.39. The Bertz CT molecular complexity index is 744. The number of hydrazine groups is 1. The largest absolute Gasteiger partial charge is 0.480 e. The second-order valence-electron chi connectivity index (χ2n) is 6.21. The van der Waals surface area contributed by atoms with E-state index in [4.69, 9.17) is 10.6 Å². The quantitative estimate of drug-likeness (QED) is 0.438. The lowest BCUT2D eigenvalue weighted by atomic mass is 9.82. The van der Waals surface area contributed by atoms with Crippen LogP contribution < -0.4 is 26.2 Å². The van der Waals surface area contributed by atoms with Crippen molar-refractivity contribution in [3.63, 3.8) is 0 Å². The van der Waals surface area contributed by atoms with Gasteiger partial charge in [0.05, 0.1) is 11.2 Å². The summed E-state index contributed by atoms with van der Waals surface area (Å²) in [5, 5.41) is 7.99. The highest BCUT2D eigenvalue weighted by atomic mass is 16.5. The van der Waals surface area contributed by atoms with E-state index in [0.717, 1.165) is 17.9 Å². The summed E-state index contributed by atoms with van der Waals surface area (Å²) in [6, 6.07) is 17.1. The van der Waals surface area contributed by atoms with E-state index in [0.29, 0.717) is 18.8 Å². The second kappa shape index (κ2) is 5.90. The van der Waals surface area contributed by atoms with Crippen molar-refractivity contribution >= 4 is 11.6 Å². The molecule has 2 aliphatic heterocycles. The van der Waals surface area contributed by atoms with Gasteiger partial charge in [-0.2, -0.15) is 0 Å². The van der Waals surface area contributed by atoms with Crippen LogP contribution in [-0.4, -0.2) is 25.2 Å². The normalized spacial score (nSPS) is 25.1. The van der Waals surface area contributed by atoms with Crippen LogP contribution in [0.2, 0.25) is 0 Å². The van der Waals surface area contributed by atoms with Crippen molar-refractivity contribution < 1.29 is 9.53 Å². The third-order valence-corrected chi connectivity index (χ3v) is 4.73. The van der Waals surface area contributed by atoms with Crippen molar-refractivity contribution in [2.24, 2.45) is 5.84 Å². The minimum absolute atomic E-state index is 0.247. The van der Waals surface area contributed by atoms with Gasteiger partial charge >= 0.3 is 0 Å². The van der Waals surface area contributed by atoms with Crippen molar-refractivity contribution in [2.45, 2.75) is 18.1 Å². The molecule has 0 aromatic heterocycles. The summed E-state index contributed by atoms with van der Waals surface area (Å²) in [5.74, 6) is 6.53. The fourth-order valence-corrected chi connectivity index (χ4v) is 3.50. The molecule has 2 aromatic rings. The van der Waals surface area contributed by atoms with Gasteiger partial charge in [-0.1, -0.05) is 36.4 Å². The first-order chi connectivity index (χ1) is 11.7. The molecule has 1 fully saturated rings. The molecule has 24 heavy (non-hydrogen) atoms.